The van der Waals surface area contributed by atoms with Crippen LogP contribution in [0, 0.1) is 0 Å². The third kappa shape index (κ3) is 4.09. The monoisotopic (exact) mass is 252 g/mol. The van der Waals surface area contributed by atoms with Crippen molar-refractivity contribution < 1.29 is 0 Å². The molecule has 2 nitrogen and oxygen atoms in total. The fourth-order valence-corrected chi connectivity index (χ4v) is 3.26. The molecule has 17 heavy (non-hydrogen) atoms. The summed E-state index contributed by atoms with van der Waals surface area (Å²) in [6.07, 6.45) is 5.28. The largest absolute Gasteiger partial charge is 0.312 e. The topological polar surface area (TPSA) is 15.3 Å². The molecule has 0 radical (unpaired) electrons. The molecule has 0 saturated carbocycles. The molecule has 1 aliphatic rings. The van der Waals surface area contributed by atoms with Gasteiger partial charge in [-0.25, -0.2) is 0 Å². The molecule has 0 aliphatic carbocycles. The minimum atomic E-state index is 0.583. The molecule has 2 unspecified atom stereocenters. The van der Waals surface area contributed by atoms with Gasteiger partial charge in [-0.15, -0.1) is 0 Å². The van der Waals surface area contributed by atoms with Crippen LogP contribution in [-0.2, 0) is 6.42 Å². The Morgan fingerprint density at radius 3 is 3.12 bits per heavy atom. The highest BCUT2D eigenvalue weighted by molar-refractivity contribution is 7.07. The Labute approximate surface area is 109 Å². The Balaban J connectivity index is 1.70. The number of hydrogen-bond donors (Lipinski definition) is 1. The third-order valence-corrected chi connectivity index (χ3v) is 4.48. The first kappa shape index (κ1) is 13.1. The predicted octanol–water partition coefficient (Wildman–Crippen LogP) is 2.75. The van der Waals surface area contributed by atoms with E-state index in [-0.39, 0.29) is 0 Å². The number of piperidine rings is 1. The fraction of sp³-hybridized carbons (Fsp3) is 0.714. The van der Waals surface area contributed by atoms with Crippen LogP contribution in [0.3, 0.4) is 0 Å². The number of likely N-dealkylation sites (tertiary alicyclic amines) is 1. The summed E-state index contributed by atoms with van der Waals surface area (Å²) in [5.74, 6) is 0. The van der Waals surface area contributed by atoms with Gasteiger partial charge in [0.25, 0.3) is 0 Å². The molecule has 96 valence electrons. The molecule has 1 aromatic rings. The zero-order valence-corrected chi connectivity index (χ0v) is 11.8. The van der Waals surface area contributed by atoms with Crippen LogP contribution in [-0.4, -0.2) is 37.1 Å². The highest BCUT2D eigenvalue weighted by Crippen LogP contribution is 2.14. The third-order valence-electron chi connectivity index (χ3n) is 3.75. The van der Waals surface area contributed by atoms with E-state index in [1.54, 1.807) is 11.3 Å². The van der Waals surface area contributed by atoms with Gasteiger partial charge in [0, 0.05) is 18.6 Å². The lowest BCUT2D eigenvalue weighted by atomic mass is 10.0. The van der Waals surface area contributed by atoms with Gasteiger partial charge in [0.2, 0.25) is 0 Å². The van der Waals surface area contributed by atoms with E-state index in [4.69, 9.17) is 0 Å². The molecule has 2 rings (SSSR count). The van der Waals surface area contributed by atoms with Gasteiger partial charge in [0.15, 0.2) is 0 Å². The van der Waals surface area contributed by atoms with Crippen LogP contribution in [0.15, 0.2) is 16.8 Å². The normalized spacial score (nSPS) is 23.8. The lowest BCUT2D eigenvalue weighted by Gasteiger charge is -2.33. The second-order valence-electron chi connectivity index (χ2n) is 5.28. The molecule has 1 aliphatic heterocycles. The van der Waals surface area contributed by atoms with Gasteiger partial charge in [0.05, 0.1) is 0 Å². The fourth-order valence-electron chi connectivity index (χ4n) is 2.57. The first-order valence-electron chi connectivity index (χ1n) is 6.70. The summed E-state index contributed by atoms with van der Waals surface area (Å²) in [6, 6.07) is 3.56. The molecule has 0 spiro atoms. The maximum Gasteiger partial charge on any atom is 0.0217 e. The second kappa shape index (κ2) is 6.53. The van der Waals surface area contributed by atoms with Crippen molar-refractivity contribution >= 4 is 11.3 Å². The molecule has 3 heteroatoms. The van der Waals surface area contributed by atoms with Crippen molar-refractivity contribution in [1.82, 2.24) is 10.2 Å². The molecule has 1 saturated heterocycles. The van der Waals surface area contributed by atoms with Gasteiger partial charge in [-0.1, -0.05) is 6.42 Å². The smallest absolute Gasteiger partial charge is 0.0217 e. The van der Waals surface area contributed by atoms with Crippen LogP contribution < -0.4 is 5.32 Å². The molecule has 0 aromatic carbocycles. The summed E-state index contributed by atoms with van der Waals surface area (Å²) in [5, 5.41) is 8.10. The summed E-state index contributed by atoms with van der Waals surface area (Å²) in [4.78, 5) is 2.51. The lowest BCUT2D eigenvalue weighted by Crippen LogP contribution is -2.45. The zero-order valence-electron chi connectivity index (χ0n) is 11.0. The van der Waals surface area contributed by atoms with E-state index < -0.39 is 0 Å². The van der Waals surface area contributed by atoms with E-state index in [0.717, 1.165) is 19.0 Å². The highest BCUT2D eigenvalue weighted by atomic mass is 32.1. The number of likely N-dealkylation sites (N-methyl/N-ethyl adjacent to an activating group) is 1. The molecule has 2 heterocycles. The van der Waals surface area contributed by atoms with Crippen molar-refractivity contribution in [2.45, 2.75) is 44.7 Å². The van der Waals surface area contributed by atoms with Crippen molar-refractivity contribution in [3.63, 3.8) is 0 Å². The maximum atomic E-state index is 3.68. The summed E-state index contributed by atoms with van der Waals surface area (Å²) >= 11 is 1.79. The molecule has 0 bridgehead atoms. The van der Waals surface area contributed by atoms with Gasteiger partial charge in [-0.3, -0.25) is 0 Å². The van der Waals surface area contributed by atoms with Crippen LogP contribution in [0.4, 0.5) is 0 Å². The van der Waals surface area contributed by atoms with Crippen LogP contribution in [0.5, 0.6) is 0 Å². The number of nitrogens with zero attached hydrogens (tertiary/aromatic N) is 1. The average Bonchev–Trinajstić information content (AvgIpc) is 2.81. The molecular formula is C14H24N2S. The van der Waals surface area contributed by atoms with Crippen LogP contribution in [0.2, 0.25) is 0 Å². The second-order valence-corrected chi connectivity index (χ2v) is 6.06. The van der Waals surface area contributed by atoms with E-state index in [1.165, 1.54) is 31.4 Å². The molecule has 1 fully saturated rings. The summed E-state index contributed by atoms with van der Waals surface area (Å²) in [5.41, 5.74) is 1.46. The standard InChI is InChI=1S/C14H24N2S/c1-12(9-13-6-8-17-11-13)15-10-14-5-3-4-7-16(14)2/h6,8,11-12,14-15H,3-5,7,9-10H2,1-2H3. The Morgan fingerprint density at radius 1 is 1.53 bits per heavy atom. The van der Waals surface area contributed by atoms with Crippen LogP contribution >= 0.6 is 11.3 Å². The predicted molar refractivity (Wildman–Crippen MR) is 75.8 cm³/mol. The van der Waals surface area contributed by atoms with E-state index in [9.17, 15) is 0 Å². The average molecular weight is 252 g/mol. The van der Waals surface area contributed by atoms with Gasteiger partial charge in [-0.2, -0.15) is 11.3 Å². The Morgan fingerprint density at radius 2 is 2.41 bits per heavy atom. The number of rotatable bonds is 5. The quantitative estimate of drug-likeness (QED) is 0.867. The summed E-state index contributed by atoms with van der Waals surface area (Å²) < 4.78 is 0. The van der Waals surface area contributed by atoms with Crippen molar-refractivity contribution in [2.75, 3.05) is 20.1 Å². The van der Waals surface area contributed by atoms with E-state index in [0.29, 0.717) is 6.04 Å². The van der Waals surface area contributed by atoms with Crippen molar-refractivity contribution in [1.29, 1.82) is 0 Å². The van der Waals surface area contributed by atoms with Crippen molar-refractivity contribution in [2.24, 2.45) is 0 Å². The van der Waals surface area contributed by atoms with Gasteiger partial charge in [-0.05, 0) is 62.2 Å². The lowest BCUT2D eigenvalue weighted by molar-refractivity contribution is 0.178. The minimum absolute atomic E-state index is 0.583. The Bertz CT molecular complexity index is 310. The summed E-state index contributed by atoms with van der Waals surface area (Å²) in [6.45, 7) is 4.70. The van der Waals surface area contributed by atoms with E-state index >= 15 is 0 Å². The Kier molecular flexibility index (Phi) is 5.01. The summed E-state index contributed by atoms with van der Waals surface area (Å²) in [7, 11) is 2.26. The van der Waals surface area contributed by atoms with E-state index in [2.05, 4.69) is 41.0 Å². The van der Waals surface area contributed by atoms with Crippen LogP contribution in [0.1, 0.15) is 31.7 Å². The molecule has 1 N–H and O–H groups in total. The van der Waals surface area contributed by atoms with Crippen LogP contribution in [0.25, 0.3) is 0 Å². The molecule has 1 aromatic heterocycles. The number of nitrogens with one attached hydrogen (secondary N) is 1. The maximum absolute atomic E-state index is 3.68. The zero-order chi connectivity index (χ0) is 12.1. The minimum Gasteiger partial charge on any atom is -0.312 e. The number of hydrogen-bond acceptors (Lipinski definition) is 3. The van der Waals surface area contributed by atoms with E-state index in [1.807, 2.05) is 0 Å². The van der Waals surface area contributed by atoms with Crippen molar-refractivity contribution in [3.05, 3.63) is 22.4 Å². The van der Waals surface area contributed by atoms with Crippen molar-refractivity contribution in [3.8, 4) is 0 Å². The Hall–Kier alpha value is -0.380. The molecule has 0 amide bonds. The first-order chi connectivity index (χ1) is 8.25. The van der Waals surface area contributed by atoms with Gasteiger partial charge < -0.3 is 10.2 Å². The first-order valence-corrected chi connectivity index (χ1v) is 7.64. The highest BCUT2D eigenvalue weighted by Gasteiger charge is 2.18. The molecular weight excluding hydrogens is 228 g/mol. The van der Waals surface area contributed by atoms with Gasteiger partial charge in [0.1, 0.15) is 0 Å². The number of thiophene rings is 1. The molecule has 2 atom stereocenters. The van der Waals surface area contributed by atoms with Gasteiger partial charge >= 0.3 is 0 Å². The SMILES string of the molecule is CC(Cc1ccsc1)NCC1CCCCN1C.